The van der Waals surface area contributed by atoms with Crippen LogP contribution in [-0.4, -0.2) is 38.2 Å². The second-order valence-corrected chi connectivity index (χ2v) is 11.1. The van der Waals surface area contributed by atoms with Crippen LogP contribution in [0.2, 0.25) is 5.02 Å². The first-order valence-electron chi connectivity index (χ1n) is 11.7. The highest BCUT2D eigenvalue weighted by Gasteiger charge is 2.28. The molecular formula is C27H28ClN3O4S. The minimum Gasteiger partial charge on any atom is -0.350 e. The van der Waals surface area contributed by atoms with Crippen LogP contribution in [0.4, 0.5) is 5.69 Å². The first-order chi connectivity index (χ1) is 17.2. The normalized spacial score (nSPS) is 13.6. The number of carbonyl (C=O) groups excluding carboxylic acids is 2. The van der Waals surface area contributed by atoms with Gasteiger partial charge in [0, 0.05) is 31.1 Å². The topological polar surface area (TPSA) is 86.8 Å². The Bertz CT molecular complexity index is 1350. The number of likely N-dealkylation sites (tertiary alicyclic amines) is 1. The number of aryl methyl sites for hydroxylation is 1. The summed E-state index contributed by atoms with van der Waals surface area (Å²) >= 11 is 6.17. The molecule has 7 nitrogen and oxygen atoms in total. The van der Waals surface area contributed by atoms with E-state index in [1.54, 1.807) is 43.3 Å². The number of amides is 2. The van der Waals surface area contributed by atoms with Gasteiger partial charge in [-0.15, -0.1) is 0 Å². The zero-order chi connectivity index (χ0) is 25.7. The highest BCUT2D eigenvalue weighted by Crippen LogP contribution is 2.29. The maximum atomic E-state index is 13.5. The molecule has 188 valence electrons. The molecule has 0 bridgehead atoms. The second kappa shape index (κ2) is 11.1. The van der Waals surface area contributed by atoms with Crippen molar-refractivity contribution < 1.29 is 18.0 Å². The van der Waals surface area contributed by atoms with E-state index in [4.69, 9.17) is 11.6 Å². The van der Waals surface area contributed by atoms with E-state index in [-0.39, 0.29) is 17.3 Å². The fourth-order valence-electron chi connectivity index (χ4n) is 4.11. The maximum Gasteiger partial charge on any atom is 0.264 e. The molecule has 3 aromatic rings. The van der Waals surface area contributed by atoms with E-state index < -0.39 is 22.5 Å². The predicted molar refractivity (Wildman–Crippen MR) is 140 cm³/mol. The third-order valence-electron chi connectivity index (χ3n) is 6.12. The third-order valence-corrected chi connectivity index (χ3v) is 8.12. The Hall–Kier alpha value is -3.36. The first kappa shape index (κ1) is 25.7. The summed E-state index contributed by atoms with van der Waals surface area (Å²) in [6.45, 7) is 2.99. The molecule has 1 aliphatic heterocycles. The van der Waals surface area contributed by atoms with Crippen molar-refractivity contribution in [2.45, 2.75) is 37.8 Å². The Balaban J connectivity index is 1.46. The zero-order valence-corrected chi connectivity index (χ0v) is 21.6. The van der Waals surface area contributed by atoms with Gasteiger partial charge < -0.3 is 10.2 Å². The Labute approximate surface area is 216 Å². The lowest BCUT2D eigenvalue weighted by Gasteiger charge is -2.26. The summed E-state index contributed by atoms with van der Waals surface area (Å²) in [5.41, 5.74) is 2.93. The molecule has 0 spiro atoms. The predicted octanol–water partition coefficient (Wildman–Crippen LogP) is 4.28. The molecule has 1 N–H and O–H groups in total. The fraction of sp³-hybridized carbons (Fsp3) is 0.259. The highest BCUT2D eigenvalue weighted by molar-refractivity contribution is 7.92. The molecule has 9 heteroatoms. The molecule has 3 aromatic carbocycles. The summed E-state index contributed by atoms with van der Waals surface area (Å²) in [6.07, 6.45) is 1.50. The van der Waals surface area contributed by atoms with Crippen LogP contribution in [0.5, 0.6) is 0 Å². The standard InChI is InChI=1S/C27H28ClN3O4S/c1-20-9-14-23(28)16-25(20)31(36(34,35)24-6-3-2-4-7-24)19-26(32)29-17-21-10-12-22(13-11-21)18-30-15-5-8-27(30)33/h2-4,6-7,9-14,16H,5,8,15,17-19H2,1H3,(H,29,32). The lowest BCUT2D eigenvalue weighted by atomic mass is 10.1. The van der Waals surface area contributed by atoms with Gasteiger partial charge in [0.15, 0.2) is 0 Å². The van der Waals surface area contributed by atoms with Crippen LogP contribution >= 0.6 is 11.6 Å². The van der Waals surface area contributed by atoms with E-state index >= 15 is 0 Å². The SMILES string of the molecule is Cc1ccc(Cl)cc1N(CC(=O)NCc1ccc(CN2CCCC2=O)cc1)S(=O)(=O)c1ccccc1. The van der Waals surface area contributed by atoms with Crippen molar-refractivity contribution in [3.63, 3.8) is 0 Å². The van der Waals surface area contributed by atoms with Gasteiger partial charge in [0.1, 0.15) is 6.54 Å². The Morgan fingerprint density at radius 2 is 1.72 bits per heavy atom. The van der Waals surface area contributed by atoms with Crippen LogP contribution in [0.1, 0.15) is 29.5 Å². The second-order valence-electron chi connectivity index (χ2n) is 8.77. The largest absolute Gasteiger partial charge is 0.350 e. The molecule has 1 fully saturated rings. The molecule has 2 amide bonds. The van der Waals surface area contributed by atoms with Crippen molar-refractivity contribution >= 4 is 39.1 Å². The Morgan fingerprint density at radius 3 is 2.39 bits per heavy atom. The molecule has 0 radical (unpaired) electrons. The minimum atomic E-state index is -4.01. The molecule has 0 saturated carbocycles. The van der Waals surface area contributed by atoms with Crippen molar-refractivity contribution in [2.24, 2.45) is 0 Å². The summed E-state index contributed by atoms with van der Waals surface area (Å²) in [7, 11) is -4.01. The van der Waals surface area contributed by atoms with Gasteiger partial charge in [-0.1, -0.05) is 60.1 Å². The molecule has 0 atom stereocenters. The number of hydrogen-bond donors (Lipinski definition) is 1. The third kappa shape index (κ3) is 6.06. The van der Waals surface area contributed by atoms with Crippen LogP contribution in [0.25, 0.3) is 0 Å². The number of hydrogen-bond acceptors (Lipinski definition) is 4. The summed E-state index contributed by atoms with van der Waals surface area (Å²) in [5.74, 6) is -0.267. The number of benzene rings is 3. The van der Waals surface area contributed by atoms with E-state index in [2.05, 4.69) is 5.32 Å². The van der Waals surface area contributed by atoms with Crippen molar-refractivity contribution in [1.82, 2.24) is 10.2 Å². The molecule has 1 saturated heterocycles. The van der Waals surface area contributed by atoms with Crippen LogP contribution in [0, 0.1) is 6.92 Å². The average Bonchev–Trinajstić information content (AvgIpc) is 3.28. The van der Waals surface area contributed by atoms with Crippen molar-refractivity contribution in [3.05, 3.63) is 94.5 Å². The van der Waals surface area contributed by atoms with Gasteiger partial charge in [-0.05, 0) is 54.3 Å². The van der Waals surface area contributed by atoms with Crippen LogP contribution in [-0.2, 0) is 32.7 Å². The van der Waals surface area contributed by atoms with Gasteiger partial charge in [-0.3, -0.25) is 13.9 Å². The summed E-state index contributed by atoms with van der Waals surface area (Å²) in [5, 5.41) is 3.19. The van der Waals surface area contributed by atoms with Gasteiger partial charge in [0.25, 0.3) is 10.0 Å². The van der Waals surface area contributed by atoms with Crippen LogP contribution in [0.3, 0.4) is 0 Å². The molecule has 1 heterocycles. The monoisotopic (exact) mass is 525 g/mol. The van der Waals surface area contributed by atoms with E-state index in [9.17, 15) is 18.0 Å². The zero-order valence-electron chi connectivity index (χ0n) is 20.0. The smallest absolute Gasteiger partial charge is 0.264 e. The van der Waals surface area contributed by atoms with Crippen molar-refractivity contribution in [1.29, 1.82) is 0 Å². The molecule has 0 aromatic heterocycles. The van der Waals surface area contributed by atoms with Gasteiger partial charge in [-0.25, -0.2) is 8.42 Å². The summed E-state index contributed by atoms with van der Waals surface area (Å²) in [6, 6.07) is 20.6. The number of nitrogens with zero attached hydrogens (tertiary/aromatic N) is 2. The molecule has 0 aliphatic carbocycles. The van der Waals surface area contributed by atoms with E-state index in [1.807, 2.05) is 29.2 Å². The van der Waals surface area contributed by atoms with Gasteiger partial charge >= 0.3 is 0 Å². The lowest BCUT2D eigenvalue weighted by Crippen LogP contribution is -2.41. The van der Waals surface area contributed by atoms with E-state index in [0.29, 0.717) is 29.2 Å². The van der Waals surface area contributed by atoms with Crippen molar-refractivity contribution in [2.75, 3.05) is 17.4 Å². The van der Waals surface area contributed by atoms with Gasteiger partial charge in [-0.2, -0.15) is 0 Å². The molecule has 1 aliphatic rings. The Kier molecular flexibility index (Phi) is 7.96. The average molecular weight is 526 g/mol. The summed E-state index contributed by atoms with van der Waals surface area (Å²) in [4.78, 5) is 26.7. The number of rotatable bonds is 9. The first-order valence-corrected chi connectivity index (χ1v) is 13.5. The van der Waals surface area contributed by atoms with Crippen molar-refractivity contribution in [3.8, 4) is 0 Å². The number of sulfonamides is 1. The highest BCUT2D eigenvalue weighted by atomic mass is 35.5. The fourth-order valence-corrected chi connectivity index (χ4v) is 5.78. The number of anilines is 1. The van der Waals surface area contributed by atoms with Gasteiger partial charge in [0.2, 0.25) is 11.8 Å². The number of nitrogens with one attached hydrogen (secondary N) is 1. The Morgan fingerprint density at radius 1 is 1.03 bits per heavy atom. The molecular weight excluding hydrogens is 498 g/mol. The van der Waals surface area contributed by atoms with Crippen LogP contribution in [0.15, 0.2) is 77.7 Å². The minimum absolute atomic E-state index is 0.0873. The molecule has 0 unspecified atom stereocenters. The molecule has 4 rings (SSSR count). The summed E-state index contributed by atoms with van der Waals surface area (Å²) < 4.78 is 28.1. The van der Waals surface area contributed by atoms with E-state index in [1.165, 1.54) is 12.1 Å². The van der Waals surface area contributed by atoms with E-state index in [0.717, 1.165) is 28.4 Å². The van der Waals surface area contributed by atoms with Crippen LogP contribution < -0.4 is 9.62 Å². The van der Waals surface area contributed by atoms with Gasteiger partial charge in [0.05, 0.1) is 10.6 Å². The quantitative estimate of drug-likeness (QED) is 0.451. The number of halogens is 1. The lowest BCUT2D eigenvalue weighted by molar-refractivity contribution is -0.128. The maximum absolute atomic E-state index is 13.5. The molecule has 36 heavy (non-hydrogen) atoms. The number of carbonyl (C=O) groups is 2.